The molecule has 1 aliphatic carbocycles. The number of nitrogens with two attached hydrogens (primary N) is 1. The van der Waals surface area contributed by atoms with E-state index in [2.05, 4.69) is 4.98 Å². The lowest BCUT2D eigenvalue weighted by atomic mass is 10.1. The van der Waals surface area contributed by atoms with Crippen LogP contribution in [0.2, 0.25) is 0 Å². The van der Waals surface area contributed by atoms with Gasteiger partial charge in [0.05, 0.1) is 11.1 Å². The molecule has 1 amide bonds. The molecule has 1 saturated carbocycles. The first kappa shape index (κ1) is 14.3. The fraction of sp³-hybridized carbons (Fsp3) is 0.500. The first-order valence-electron chi connectivity index (χ1n) is 6.94. The highest BCUT2D eigenvalue weighted by atomic mass is 32.2. The Morgan fingerprint density at radius 3 is 2.86 bits per heavy atom. The Labute approximate surface area is 126 Å². The van der Waals surface area contributed by atoms with E-state index in [1.165, 1.54) is 0 Å². The number of hydrogen-bond acceptors (Lipinski definition) is 5. The van der Waals surface area contributed by atoms with Crippen molar-refractivity contribution in [3.05, 3.63) is 29.6 Å². The summed E-state index contributed by atoms with van der Waals surface area (Å²) in [6.07, 6.45) is 3.68. The summed E-state index contributed by atoms with van der Waals surface area (Å²) in [4.78, 5) is 29.8. The maximum Gasteiger partial charge on any atom is 0.327 e. The Morgan fingerprint density at radius 1 is 1.48 bits per heavy atom. The van der Waals surface area contributed by atoms with Gasteiger partial charge in [0.25, 0.3) is 5.91 Å². The molecule has 6 nitrogen and oxygen atoms in total. The van der Waals surface area contributed by atoms with Crippen molar-refractivity contribution in [3.63, 3.8) is 0 Å². The summed E-state index contributed by atoms with van der Waals surface area (Å²) in [6, 6.07) is 2.52. The molecule has 3 N–H and O–H groups in total. The van der Waals surface area contributed by atoms with Gasteiger partial charge in [-0.3, -0.25) is 9.78 Å². The highest BCUT2D eigenvalue weighted by Gasteiger charge is 2.48. The molecule has 0 bridgehead atoms. The Hall–Kier alpha value is -1.60. The van der Waals surface area contributed by atoms with Gasteiger partial charge < -0.3 is 15.7 Å². The van der Waals surface area contributed by atoms with Crippen LogP contribution in [0.5, 0.6) is 0 Å². The average Bonchev–Trinajstić information content (AvgIpc) is 3.24. The summed E-state index contributed by atoms with van der Waals surface area (Å²) in [5.41, 5.74) is 6.64. The summed E-state index contributed by atoms with van der Waals surface area (Å²) in [5.74, 6) is -0.288. The number of pyridine rings is 1. The fourth-order valence-electron chi connectivity index (χ4n) is 2.59. The normalized spacial score (nSPS) is 25.1. The molecule has 112 valence electrons. The van der Waals surface area contributed by atoms with Crippen LogP contribution in [0.1, 0.15) is 28.9 Å². The van der Waals surface area contributed by atoms with Crippen molar-refractivity contribution in [1.29, 1.82) is 0 Å². The lowest BCUT2D eigenvalue weighted by Gasteiger charge is -2.27. The molecule has 1 aromatic rings. The maximum absolute atomic E-state index is 12.8. The molecule has 2 heterocycles. The van der Waals surface area contributed by atoms with Crippen molar-refractivity contribution < 1.29 is 14.7 Å². The molecule has 7 heteroatoms. The van der Waals surface area contributed by atoms with Crippen LogP contribution in [-0.2, 0) is 11.3 Å². The van der Waals surface area contributed by atoms with Crippen molar-refractivity contribution in [1.82, 2.24) is 9.88 Å². The SMILES string of the molecule is NCc1cc(C(=O)N2C(C(=O)O)CSC2C2CC2)ccn1. The van der Waals surface area contributed by atoms with Crippen LogP contribution >= 0.6 is 11.8 Å². The third-order valence-electron chi connectivity index (χ3n) is 3.85. The van der Waals surface area contributed by atoms with E-state index in [-0.39, 0.29) is 17.8 Å². The van der Waals surface area contributed by atoms with Crippen molar-refractivity contribution in [2.45, 2.75) is 30.8 Å². The van der Waals surface area contributed by atoms with Crippen LogP contribution in [0.4, 0.5) is 0 Å². The van der Waals surface area contributed by atoms with Crippen molar-refractivity contribution in [2.24, 2.45) is 11.7 Å². The van der Waals surface area contributed by atoms with Gasteiger partial charge in [0.15, 0.2) is 0 Å². The standard InChI is InChI=1S/C14H17N3O3S/c15-6-10-5-9(3-4-16-10)12(18)17-11(14(19)20)7-21-13(17)8-1-2-8/h3-5,8,11,13H,1-2,6-7,15H2,(H,19,20). The second-order valence-electron chi connectivity index (χ2n) is 5.37. The number of amides is 1. The molecular formula is C14H17N3O3S. The summed E-state index contributed by atoms with van der Waals surface area (Å²) in [6.45, 7) is 0.254. The van der Waals surface area contributed by atoms with Crippen molar-refractivity contribution >= 4 is 23.6 Å². The number of thioether (sulfide) groups is 1. The van der Waals surface area contributed by atoms with Crippen LogP contribution in [0.3, 0.4) is 0 Å². The Bertz CT molecular complexity index is 576. The predicted molar refractivity (Wildman–Crippen MR) is 78.7 cm³/mol. The number of carboxylic acids is 1. The first-order chi connectivity index (χ1) is 10.1. The molecule has 2 fully saturated rings. The molecule has 1 aliphatic heterocycles. The number of carbonyl (C=O) groups excluding carboxylic acids is 1. The van der Waals surface area contributed by atoms with Crippen LogP contribution in [0, 0.1) is 5.92 Å². The second-order valence-corrected chi connectivity index (χ2v) is 6.52. The minimum Gasteiger partial charge on any atom is -0.480 e. The molecule has 21 heavy (non-hydrogen) atoms. The molecule has 3 rings (SSSR count). The van der Waals surface area contributed by atoms with Gasteiger partial charge in [0.1, 0.15) is 6.04 Å². The number of carboxylic acid groups (broad SMARTS) is 1. The third kappa shape index (κ3) is 2.75. The number of carbonyl (C=O) groups is 2. The van der Waals surface area contributed by atoms with Gasteiger partial charge >= 0.3 is 5.97 Å². The number of nitrogens with zero attached hydrogens (tertiary/aromatic N) is 2. The predicted octanol–water partition coefficient (Wildman–Crippen LogP) is 0.919. The van der Waals surface area contributed by atoms with Crippen LogP contribution in [0.25, 0.3) is 0 Å². The monoisotopic (exact) mass is 307 g/mol. The van der Waals surface area contributed by atoms with Crippen molar-refractivity contribution in [3.8, 4) is 0 Å². The van der Waals surface area contributed by atoms with Gasteiger partial charge in [-0.2, -0.15) is 0 Å². The Kier molecular flexibility index (Phi) is 3.86. The van der Waals surface area contributed by atoms with Gasteiger partial charge in [-0.15, -0.1) is 11.8 Å². The molecule has 1 saturated heterocycles. The fourth-order valence-corrected chi connectivity index (χ4v) is 4.22. The topological polar surface area (TPSA) is 96.5 Å². The van der Waals surface area contributed by atoms with E-state index >= 15 is 0 Å². The van der Waals surface area contributed by atoms with E-state index < -0.39 is 12.0 Å². The molecular weight excluding hydrogens is 290 g/mol. The number of hydrogen-bond donors (Lipinski definition) is 2. The van der Waals surface area contributed by atoms with Crippen molar-refractivity contribution in [2.75, 3.05) is 5.75 Å². The summed E-state index contributed by atoms with van der Waals surface area (Å²) in [7, 11) is 0. The van der Waals surface area contributed by atoms with Gasteiger partial charge in [-0.25, -0.2) is 4.79 Å². The zero-order valence-corrected chi connectivity index (χ0v) is 12.3. The van der Waals surface area contributed by atoms with Gasteiger partial charge in [0.2, 0.25) is 0 Å². The Balaban J connectivity index is 1.89. The van der Waals surface area contributed by atoms with Gasteiger partial charge in [-0.05, 0) is 30.9 Å². The molecule has 2 aliphatic rings. The molecule has 1 aromatic heterocycles. The van der Waals surface area contributed by atoms with Gasteiger partial charge in [-0.1, -0.05) is 0 Å². The molecule has 0 aromatic carbocycles. The number of aromatic nitrogens is 1. The van der Waals surface area contributed by atoms with Crippen LogP contribution < -0.4 is 5.73 Å². The second kappa shape index (κ2) is 5.65. The lowest BCUT2D eigenvalue weighted by Crippen LogP contribution is -2.46. The molecule has 2 unspecified atom stereocenters. The summed E-state index contributed by atoms with van der Waals surface area (Å²) < 4.78 is 0. The summed E-state index contributed by atoms with van der Waals surface area (Å²) >= 11 is 1.57. The van der Waals surface area contributed by atoms with E-state index in [9.17, 15) is 14.7 Å². The quantitative estimate of drug-likeness (QED) is 0.858. The van der Waals surface area contributed by atoms with Crippen LogP contribution in [0.15, 0.2) is 18.3 Å². The number of rotatable bonds is 4. The first-order valence-corrected chi connectivity index (χ1v) is 7.98. The Morgan fingerprint density at radius 2 is 2.24 bits per heavy atom. The maximum atomic E-state index is 12.8. The zero-order chi connectivity index (χ0) is 15.0. The summed E-state index contributed by atoms with van der Waals surface area (Å²) in [5, 5.41) is 9.34. The third-order valence-corrected chi connectivity index (χ3v) is 5.31. The van der Waals surface area contributed by atoms with E-state index in [0.717, 1.165) is 12.8 Å². The highest BCUT2D eigenvalue weighted by Crippen LogP contribution is 2.45. The molecule has 2 atom stereocenters. The minimum absolute atomic E-state index is 0.0203. The smallest absolute Gasteiger partial charge is 0.327 e. The van der Waals surface area contributed by atoms with E-state index in [4.69, 9.17) is 5.73 Å². The van der Waals surface area contributed by atoms with E-state index in [1.54, 1.807) is 35.0 Å². The van der Waals surface area contributed by atoms with Gasteiger partial charge in [0, 0.05) is 24.1 Å². The van der Waals surface area contributed by atoms with Crippen LogP contribution in [-0.4, -0.2) is 44.0 Å². The zero-order valence-electron chi connectivity index (χ0n) is 11.4. The lowest BCUT2D eigenvalue weighted by molar-refractivity contribution is -0.141. The van der Waals surface area contributed by atoms with E-state index in [0.29, 0.717) is 22.9 Å². The number of aliphatic carboxylic acids is 1. The molecule has 0 spiro atoms. The minimum atomic E-state index is -0.938. The van der Waals surface area contributed by atoms with E-state index in [1.807, 2.05) is 0 Å². The highest BCUT2D eigenvalue weighted by molar-refractivity contribution is 8.00. The largest absolute Gasteiger partial charge is 0.480 e. The average molecular weight is 307 g/mol. The molecule has 0 radical (unpaired) electrons.